The van der Waals surface area contributed by atoms with E-state index in [2.05, 4.69) is 17.4 Å². The molecule has 0 aromatic heterocycles. The van der Waals surface area contributed by atoms with E-state index in [0.29, 0.717) is 18.6 Å². The molecular formula is C21H29NO3. The highest BCUT2D eigenvalue weighted by Gasteiger charge is 2.51. The van der Waals surface area contributed by atoms with Crippen molar-refractivity contribution in [3.8, 4) is 5.75 Å². The largest absolute Gasteiger partial charge is 0.484 e. The van der Waals surface area contributed by atoms with Crippen molar-refractivity contribution >= 4 is 5.91 Å². The van der Waals surface area contributed by atoms with Gasteiger partial charge < -0.3 is 14.8 Å². The summed E-state index contributed by atoms with van der Waals surface area (Å²) in [4.78, 5) is 11.7. The third-order valence-electron chi connectivity index (χ3n) is 6.50. The molecule has 4 heteroatoms. The molecule has 1 N–H and O–H groups in total. The van der Waals surface area contributed by atoms with Crippen LogP contribution in [0.25, 0.3) is 0 Å². The van der Waals surface area contributed by atoms with E-state index in [4.69, 9.17) is 9.47 Å². The van der Waals surface area contributed by atoms with Gasteiger partial charge in [-0.3, -0.25) is 4.79 Å². The maximum absolute atomic E-state index is 11.7. The molecule has 0 saturated heterocycles. The molecule has 4 aliphatic rings. The van der Waals surface area contributed by atoms with Crippen molar-refractivity contribution in [1.29, 1.82) is 0 Å². The third kappa shape index (κ3) is 3.55. The van der Waals surface area contributed by atoms with Crippen LogP contribution in [0, 0.1) is 17.8 Å². The Labute approximate surface area is 150 Å². The summed E-state index contributed by atoms with van der Waals surface area (Å²) >= 11 is 0. The number of carbonyl (C=O) groups excluding carboxylic acids is 1. The van der Waals surface area contributed by atoms with Crippen molar-refractivity contribution in [2.45, 2.75) is 43.9 Å². The van der Waals surface area contributed by atoms with Gasteiger partial charge in [-0.05, 0) is 79.4 Å². The Kier molecular flexibility index (Phi) is 4.72. The first-order chi connectivity index (χ1) is 12.2. The lowest BCUT2D eigenvalue weighted by Crippen LogP contribution is -2.48. The predicted molar refractivity (Wildman–Crippen MR) is 96.7 cm³/mol. The first kappa shape index (κ1) is 16.9. The van der Waals surface area contributed by atoms with Gasteiger partial charge in [0.1, 0.15) is 5.75 Å². The normalized spacial score (nSPS) is 32.6. The fraction of sp³-hybridized carbons (Fsp3) is 0.667. The fourth-order valence-corrected chi connectivity index (χ4v) is 5.86. The van der Waals surface area contributed by atoms with Crippen LogP contribution in [-0.4, -0.2) is 32.8 Å². The quantitative estimate of drug-likeness (QED) is 0.773. The summed E-state index contributed by atoms with van der Waals surface area (Å²) in [7, 11) is 1.62. The summed E-state index contributed by atoms with van der Waals surface area (Å²) in [6.45, 7) is 1.09. The van der Waals surface area contributed by atoms with Crippen LogP contribution in [0.5, 0.6) is 5.75 Å². The molecule has 136 valence electrons. The summed E-state index contributed by atoms with van der Waals surface area (Å²) < 4.78 is 10.5. The zero-order chi connectivity index (χ0) is 17.3. The fourth-order valence-electron chi connectivity index (χ4n) is 5.86. The molecule has 4 bridgehead atoms. The number of hydrogen-bond acceptors (Lipinski definition) is 3. The van der Waals surface area contributed by atoms with E-state index in [1.54, 1.807) is 7.11 Å². The Hall–Kier alpha value is -1.55. The molecule has 1 aromatic carbocycles. The molecule has 0 radical (unpaired) electrons. The first-order valence-corrected chi connectivity index (χ1v) is 9.66. The van der Waals surface area contributed by atoms with Gasteiger partial charge in [0.25, 0.3) is 5.91 Å². The van der Waals surface area contributed by atoms with Crippen LogP contribution >= 0.6 is 0 Å². The number of nitrogens with one attached hydrogen (secondary N) is 1. The van der Waals surface area contributed by atoms with Crippen molar-refractivity contribution in [1.82, 2.24) is 5.32 Å². The van der Waals surface area contributed by atoms with Crippen LogP contribution in [-0.2, 0) is 14.9 Å². The Bertz CT molecular complexity index is 575. The van der Waals surface area contributed by atoms with Gasteiger partial charge in [0.2, 0.25) is 0 Å². The lowest BCUT2D eigenvalue weighted by Gasteiger charge is -2.57. The van der Waals surface area contributed by atoms with E-state index in [0.717, 1.165) is 23.5 Å². The van der Waals surface area contributed by atoms with Gasteiger partial charge in [0.05, 0.1) is 6.61 Å². The van der Waals surface area contributed by atoms with Gasteiger partial charge in [-0.25, -0.2) is 0 Å². The molecule has 1 aromatic rings. The molecule has 5 rings (SSSR count). The van der Waals surface area contributed by atoms with E-state index in [9.17, 15) is 4.79 Å². The smallest absolute Gasteiger partial charge is 0.258 e. The van der Waals surface area contributed by atoms with Gasteiger partial charge >= 0.3 is 0 Å². The van der Waals surface area contributed by atoms with E-state index in [1.165, 1.54) is 44.1 Å². The van der Waals surface area contributed by atoms with Gasteiger partial charge in [0.15, 0.2) is 6.61 Å². The Morgan fingerprint density at radius 2 is 1.68 bits per heavy atom. The molecule has 0 heterocycles. The highest BCUT2D eigenvalue weighted by molar-refractivity contribution is 5.77. The van der Waals surface area contributed by atoms with Gasteiger partial charge in [-0.1, -0.05) is 12.1 Å². The number of ether oxygens (including phenoxy) is 2. The number of methoxy groups -OCH3 is 1. The zero-order valence-electron chi connectivity index (χ0n) is 15.1. The van der Waals surface area contributed by atoms with E-state index >= 15 is 0 Å². The molecule has 4 nitrogen and oxygen atoms in total. The number of hydrogen-bond donors (Lipinski definition) is 1. The first-order valence-electron chi connectivity index (χ1n) is 9.66. The molecular weight excluding hydrogens is 314 g/mol. The van der Waals surface area contributed by atoms with Crippen LogP contribution in [0.2, 0.25) is 0 Å². The van der Waals surface area contributed by atoms with E-state index in [1.807, 2.05) is 12.1 Å². The van der Waals surface area contributed by atoms with Crippen molar-refractivity contribution in [3.05, 3.63) is 29.8 Å². The second-order valence-electron chi connectivity index (χ2n) is 8.35. The number of carbonyl (C=O) groups is 1. The molecule has 4 aliphatic carbocycles. The van der Waals surface area contributed by atoms with Crippen LogP contribution in [0.4, 0.5) is 0 Å². The minimum absolute atomic E-state index is 0.0560. The molecule has 0 spiro atoms. The third-order valence-corrected chi connectivity index (χ3v) is 6.50. The Balaban J connectivity index is 1.35. The van der Waals surface area contributed by atoms with Crippen LogP contribution in [0.1, 0.15) is 44.1 Å². The SMILES string of the molecule is COCCNC(=O)COc1ccc(C23CC4CC(CC(C4)C2)C3)cc1. The van der Waals surface area contributed by atoms with Crippen LogP contribution < -0.4 is 10.1 Å². The van der Waals surface area contributed by atoms with Crippen molar-refractivity contribution < 1.29 is 14.3 Å². The summed E-state index contributed by atoms with van der Waals surface area (Å²) in [6, 6.07) is 8.56. The molecule has 4 saturated carbocycles. The number of rotatable bonds is 7. The maximum Gasteiger partial charge on any atom is 0.258 e. The molecule has 0 unspecified atom stereocenters. The monoisotopic (exact) mass is 343 g/mol. The molecule has 1 amide bonds. The predicted octanol–water partition coefficient (Wildman–Crippen LogP) is 3.30. The van der Waals surface area contributed by atoms with E-state index < -0.39 is 0 Å². The second kappa shape index (κ2) is 6.99. The lowest BCUT2D eigenvalue weighted by atomic mass is 9.48. The molecule has 25 heavy (non-hydrogen) atoms. The minimum atomic E-state index is -0.109. The van der Waals surface area contributed by atoms with E-state index in [-0.39, 0.29) is 12.5 Å². The van der Waals surface area contributed by atoms with Crippen LogP contribution in [0.3, 0.4) is 0 Å². The molecule has 0 atom stereocenters. The van der Waals surface area contributed by atoms with Crippen molar-refractivity contribution in [3.63, 3.8) is 0 Å². The molecule has 4 fully saturated rings. The number of benzene rings is 1. The topological polar surface area (TPSA) is 47.6 Å². The Morgan fingerprint density at radius 3 is 2.24 bits per heavy atom. The van der Waals surface area contributed by atoms with Gasteiger partial charge in [-0.2, -0.15) is 0 Å². The summed E-state index contributed by atoms with van der Waals surface area (Å²) in [5.41, 5.74) is 1.91. The van der Waals surface area contributed by atoms with Crippen molar-refractivity contribution in [2.24, 2.45) is 17.8 Å². The van der Waals surface area contributed by atoms with Crippen molar-refractivity contribution in [2.75, 3.05) is 26.9 Å². The highest BCUT2D eigenvalue weighted by Crippen LogP contribution is 2.60. The zero-order valence-corrected chi connectivity index (χ0v) is 15.1. The summed E-state index contributed by atoms with van der Waals surface area (Å²) in [6.07, 6.45) is 8.54. The van der Waals surface area contributed by atoms with Gasteiger partial charge in [-0.15, -0.1) is 0 Å². The summed E-state index contributed by atoms with van der Waals surface area (Å²) in [5, 5.41) is 2.77. The van der Waals surface area contributed by atoms with Gasteiger partial charge in [0, 0.05) is 13.7 Å². The Morgan fingerprint density at radius 1 is 1.08 bits per heavy atom. The molecule has 0 aliphatic heterocycles. The lowest BCUT2D eigenvalue weighted by molar-refractivity contribution is -0.123. The average Bonchev–Trinajstić information content (AvgIpc) is 2.59. The standard InChI is InChI=1S/C21H29NO3/c1-24-7-6-22-20(23)14-25-19-4-2-18(3-5-19)21-11-15-8-16(12-21)10-17(9-15)13-21/h2-5,15-17H,6-14H2,1H3,(H,22,23). The maximum atomic E-state index is 11.7. The van der Waals surface area contributed by atoms with Crippen LogP contribution in [0.15, 0.2) is 24.3 Å². The minimum Gasteiger partial charge on any atom is -0.484 e. The summed E-state index contributed by atoms with van der Waals surface area (Å²) in [5.74, 6) is 3.53. The second-order valence-corrected chi connectivity index (χ2v) is 8.35. The average molecular weight is 343 g/mol. The highest BCUT2D eigenvalue weighted by atomic mass is 16.5. The number of amides is 1.